The Morgan fingerprint density at radius 1 is 1.17 bits per heavy atom. The van der Waals surface area contributed by atoms with E-state index in [1.54, 1.807) is 30.2 Å². The summed E-state index contributed by atoms with van der Waals surface area (Å²) < 4.78 is 19.0. The van der Waals surface area contributed by atoms with E-state index >= 15 is 0 Å². The number of amides is 3. The van der Waals surface area contributed by atoms with Crippen molar-refractivity contribution < 1.29 is 18.7 Å². The number of methoxy groups -OCH3 is 1. The Balaban J connectivity index is 1.63. The largest absolute Gasteiger partial charge is 0.453 e. The molecule has 1 atom stereocenters. The highest BCUT2D eigenvalue weighted by Crippen LogP contribution is 2.24. The minimum atomic E-state index is -0.408. The highest BCUT2D eigenvalue weighted by molar-refractivity contribution is 5.89. The van der Waals surface area contributed by atoms with Crippen LogP contribution in [-0.4, -0.2) is 55.3 Å². The van der Waals surface area contributed by atoms with Gasteiger partial charge < -0.3 is 25.2 Å². The number of pyridine rings is 1. The minimum absolute atomic E-state index is 0.359. The molecular formula is C21H26FN5O3. The van der Waals surface area contributed by atoms with Gasteiger partial charge in [0.25, 0.3) is 0 Å². The van der Waals surface area contributed by atoms with Crippen LogP contribution in [0.5, 0.6) is 0 Å². The molecule has 1 aromatic carbocycles. The number of urea groups is 1. The fraction of sp³-hybridized carbons (Fsp3) is 0.381. The molecule has 1 aliphatic heterocycles. The van der Waals surface area contributed by atoms with Crippen LogP contribution in [-0.2, 0) is 4.74 Å². The standard InChI is InChI=1S/C21H26FN5O3/c1-14-4-5-18(13-23-14)25-20(28)24-15(2)16-10-17(22)12-19(11-16)26-6-8-27(9-7-26)21(29)30-3/h4-5,10-13,15H,6-9H2,1-3H3,(H2,24,25,28). The van der Waals surface area contributed by atoms with Crippen LogP contribution in [0.2, 0.25) is 0 Å². The molecular weight excluding hydrogens is 389 g/mol. The van der Waals surface area contributed by atoms with Gasteiger partial charge in [-0.1, -0.05) is 0 Å². The maximum Gasteiger partial charge on any atom is 0.409 e. The number of benzene rings is 1. The number of nitrogens with zero attached hydrogens (tertiary/aromatic N) is 3. The number of carbonyl (C=O) groups excluding carboxylic acids is 2. The third-order valence-electron chi connectivity index (χ3n) is 5.00. The third kappa shape index (κ3) is 5.37. The number of ether oxygens (including phenoxy) is 1. The van der Waals surface area contributed by atoms with Crippen LogP contribution in [0.3, 0.4) is 0 Å². The van der Waals surface area contributed by atoms with Crippen molar-refractivity contribution in [3.05, 3.63) is 53.6 Å². The Kier molecular flexibility index (Phi) is 6.71. The summed E-state index contributed by atoms with van der Waals surface area (Å²) in [4.78, 5) is 31.7. The number of hydrogen-bond donors (Lipinski definition) is 2. The maximum absolute atomic E-state index is 14.3. The zero-order valence-corrected chi connectivity index (χ0v) is 17.3. The second-order valence-electron chi connectivity index (χ2n) is 7.20. The Morgan fingerprint density at radius 3 is 2.53 bits per heavy atom. The van der Waals surface area contributed by atoms with Crippen LogP contribution in [0.15, 0.2) is 36.5 Å². The Bertz CT molecular complexity index is 898. The highest BCUT2D eigenvalue weighted by Gasteiger charge is 2.22. The van der Waals surface area contributed by atoms with Crippen molar-refractivity contribution in [3.8, 4) is 0 Å². The van der Waals surface area contributed by atoms with Gasteiger partial charge in [-0.15, -0.1) is 0 Å². The SMILES string of the molecule is COC(=O)N1CCN(c2cc(F)cc(C(C)NC(=O)Nc3ccc(C)nc3)c2)CC1. The van der Waals surface area contributed by atoms with E-state index in [4.69, 9.17) is 4.74 Å². The van der Waals surface area contributed by atoms with Crippen molar-refractivity contribution in [2.75, 3.05) is 43.5 Å². The number of rotatable bonds is 4. The van der Waals surface area contributed by atoms with E-state index < -0.39 is 12.1 Å². The molecule has 2 aromatic rings. The van der Waals surface area contributed by atoms with Gasteiger partial charge in [-0.3, -0.25) is 4.98 Å². The molecule has 3 amide bonds. The summed E-state index contributed by atoms with van der Waals surface area (Å²) in [5.74, 6) is -0.380. The first-order valence-corrected chi connectivity index (χ1v) is 9.74. The molecule has 0 bridgehead atoms. The van der Waals surface area contributed by atoms with E-state index in [0.29, 0.717) is 43.1 Å². The molecule has 2 N–H and O–H groups in total. The fourth-order valence-corrected chi connectivity index (χ4v) is 3.29. The van der Waals surface area contributed by atoms with Crippen molar-refractivity contribution in [3.63, 3.8) is 0 Å². The summed E-state index contributed by atoms with van der Waals surface area (Å²) in [5, 5.41) is 5.53. The molecule has 1 fully saturated rings. The minimum Gasteiger partial charge on any atom is -0.453 e. The first-order valence-electron chi connectivity index (χ1n) is 9.74. The zero-order chi connectivity index (χ0) is 21.7. The topological polar surface area (TPSA) is 86.8 Å². The lowest BCUT2D eigenvalue weighted by atomic mass is 10.1. The van der Waals surface area contributed by atoms with Gasteiger partial charge in [-0.25, -0.2) is 14.0 Å². The number of hydrogen-bond acceptors (Lipinski definition) is 5. The Morgan fingerprint density at radius 2 is 1.90 bits per heavy atom. The lowest BCUT2D eigenvalue weighted by Gasteiger charge is -2.35. The van der Waals surface area contributed by atoms with Gasteiger partial charge in [0, 0.05) is 37.6 Å². The zero-order valence-electron chi connectivity index (χ0n) is 17.3. The molecule has 30 heavy (non-hydrogen) atoms. The van der Waals surface area contributed by atoms with Gasteiger partial charge in [0.05, 0.1) is 25.0 Å². The summed E-state index contributed by atoms with van der Waals surface area (Å²) in [6.07, 6.45) is 1.22. The quantitative estimate of drug-likeness (QED) is 0.800. The van der Waals surface area contributed by atoms with Crippen LogP contribution in [0.4, 0.5) is 25.4 Å². The molecule has 1 saturated heterocycles. The number of nitrogens with one attached hydrogen (secondary N) is 2. The number of carbonyl (C=O) groups is 2. The molecule has 0 radical (unpaired) electrons. The lowest BCUT2D eigenvalue weighted by Crippen LogP contribution is -2.48. The average Bonchev–Trinajstić information content (AvgIpc) is 2.74. The third-order valence-corrected chi connectivity index (χ3v) is 5.00. The van der Waals surface area contributed by atoms with Crippen molar-refractivity contribution in [1.29, 1.82) is 0 Å². The fourth-order valence-electron chi connectivity index (χ4n) is 3.29. The van der Waals surface area contributed by atoms with Gasteiger partial charge in [0.15, 0.2) is 0 Å². The molecule has 160 valence electrons. The van der Waals surface area contributed by atoms with Crippen LogP contribution in [0.1, 0.15) is 24.2 Å². The van der Waals surface area contributed by atoms with Gasteiger partial charge in [0.1, 0.15) is 5.82 Å². The van der Waals surface area contributed by atoms with E-state index in [-0.39, 0.29) is 11.9 Å². The molecule has 9 heteroatoms. The highest BCUT2D eigenvalue weighted by atomic mass is 19.1. The Labute approximate surface area is 175 Å². The normalized spacial score (nSPS) is 14.8. The van der Waals surface area contributed by atoms with Crippen molar-refractivity contribution in [2.24, 2.45) is 0 Å². The van der Waals surface area contributed by atoms with E-state index in [1.807, 2.05) is 17.9 Å². The number of aromatic nitrogens is 1. The predicted octanol–water partition coefficient (Wildman–Crippen LogP) is 3.30. The van der Waals surface area contributed by atoms with Crippen LogP contribution >= 0.6 is 0 Å². The molecule has 1 unspecified atom stereocenters. The van der Waals surface area contributed by atoms with Crippen LogP contribution in [0.25, 0.3) is 0 Å². The van der Waals surface area contributed by atoms with Crippen molar-refractivity contribution >= 4 is 23.5 Å². The van der Waals surface area contributed by atoms with Crippen LogP contribution in [0, 0.1) is 12.7 Å². The summed E-state index contributed by atoms with van der Waals surface area (Å²) in [7, 11) is 1.35. The summed E-state index contributed by atoms with van der Waals surface area (Å²) in [5.41, 5.74) is 2.80. The Hall–Kier alpha value is -3.36. The molecule has 0 saturated carbocycles. The molecule has 1 aromatic heterocycles. The molecule has 3 rings (SSSR count). The van der Waals surface area contributed by atoms with Gasteiger partial charge in [-0.2, -0.15) is 0 Å². The molecule has 1 aliphatic rings. The van der Waals surface area contributed by atoms with Gasteiger partial charge in [0.2, 0.25) is 0 Å². The first-order chi connectivity index (χ1) is 14.4. The number of halogens is 1. The smallest absolute Gasteiger partial charge is 0.409 e. The maximum atomic E-state index is 14.3. The second-order valence-corrected chi connectivity index (χ2v) is 7.20. The average molecular weight is 415 g/mol. The van der Waals surface area contributed by atoms with E-state index in [2.05, 4.69) is 15.6 Å². The summed E-state index contributed by atoms with van der Waals surface area (Å²) in [6.45, 7) is 5.80. The monoisotopic (exact) mass is 415 g/mol. The van der Waals surface area contributed by atoms with E-state index in [1.165, 1.54) is 19.2 Å². The molecule has 8 nitrogen and oxygen atoms in total. The van der Waals surface area contributed by atoms with Gasteiger partial charge >= 0.3 is 12.1 Å². The van der Waals surface area contributed by atoms with Crippen molar-refractivity contribution in [2.45, 2.75) is 19.9 Å². The number of aryl methyl sites for hydroxylation is 1. The molecule has 2 heterocycles. The second kappa shape index (κ2) is 9.43. The van der Waals surface area contributed by atoms with E-state index in [9.17, 15) is 14.0 Å². The van der Waals surface area contributed by atoms with E-state index in [0.717, 1.165) is 5.69 Å². The summed E-state index contributed by atoms with van der Waals surface area (Å²) in [6, 6.07) is 7.49. The number of anilines is 2. The summed E-state index contributed by atoms with van der Waals surface area (Å²) >= 11 is 0. The lowest BCUT2D eigenvalue weighted by molar-refractivity contribution is 0.121. The first kappa shape index (κ1) is 21.4. The van der Waals surface area contributed by atoms with Gasteiger partial charge in [-0.05, 0) is 49.7 Å². The molecule has 0 aliphatic carbocycles. The molecule has 0 spiro atoms. The predicted molar refractivity (Wildman–Crippen MR) is 112 cm³/mol. The van der Waals surface area contributed by atoms with Crippen LogP contribution < -0.4 is 15.5 Å². The van der Waals surface area contributed by atoms with Crippen molar-refractivity contribution in [1.82, 2.24) is 15.2 Å². The number of piperazine rings is 1.